The van der Waals surface area contributed by atoms with Crippen LogP contribution in [0.4, 0.5) is 22.0 Å². The Morgan fingerprint density at radius 2 is 2.00 bits per heavy atom. The zero-order valence-corrected chi connectivity index (χ0v) is 9.17. The molecule has 5 nitrogen and oxygen atoms in total. The SMILES string of the molecule is NCc1cc(C(F)F)nc(C(N)=O)c1OC(F)(F)F. The van der Waals surface area contributed by atoms with Gasteiger partial charge in [-0.2, -0.15) is 0 Å². The van der Waals surface area contributed by atoms with Gasteiger partial charge in [-0.05, 0) is 6.07 Å². The molecule has 0 aliphatic rings. The number of hydrogen-bond acceptors (Lipinski definition) is 4. The molecule has 106 valence electrons. The Balaban J connectivity index is 3.45. The first-order chi connectivity index (χ1) is 8.65. The van der Waals surface area contributed by atoms with Gasteiger partial charge in [0.05, 0.1) is 0 Å². The topological polar surface area (TPSA) is 91.2 Å². The van der Waals surface area contributed by atoms with E-state index in [9.17, 15) is 26.7 Å². The van der Waals surface area contributed by atoms with Crippen LogP contribution in [0.5, 0.6) is 5.75 Å². The number of ether oxygens (including phenoxy) is 1. The fraction of sp³-hybridized carbons (Fsp3) is 0.333. The van der Waals surface area contributed by atoms with Gasteiger partial charge >= 0.3 is 6.36 Å². The number of amides is 1. The molecule has 4 N–H and O–H groups in total. The van der Waals surface area contributed by atoms with Gasteiger partial charge in [-0.3, -0.25) is 4.79 Å². The molecule has 0 radical (unpaired) electrons. The van der Waals surface area contributed by atoms with E-state index in [0.29, 0.717) is 6.07 Å². The maximum absolute atomic E-state index is 12.5. The monoisotopic (exact) mass is 285 g/mol. The summed E-state index contributed by atoms with van der Waals surface area (Å²) < 4.78 is 65.0. The van der Waals surface area contributed by atoms with E-state index in [-0.39, 0.29) is 0 Å². The van der Waals surface area contributed by atoms with Crippen LogP contribution in [0.15, 0.2) is 6.07 Å². The molecule has 1 aromatic rings. The highest BCUT2D eigenvalue weighted by atomic mass is 19.4. The molecule has 1 heterocycles. The number of alkyl halides is 5. The predicted molar refractivity (Wildman–Crippen MR) is 52.3 cm³/mol. The van der Waals surface area contributed by atoms with Gasteiger partial charge in [-0.25, -0.2) is 13.8 Å². The standard InChI is InChI=1S/C9H8F5N3O2/c10-7(11)4-1-3(2-15)6(19-9(12,13)14)5(17-4)8(16)18/h1,7H,2,15H2,(H2,16,18). The number of pyridine rings is 1. The molecule has 0 saturated heterocycles. The number of hydrogen-bond donors (Lipinski definition) is 2. The lowest BCUT2D eigenvalue weighted by molar-refractivity contribution is -0.275. The number of aromatic nitrogens is 1. The third-order valence-electron chi connectivity index (χ3n) is 1.96. The largest absolute Gasteiger partial charge is 0.573 e. The number of halogens is 5. The van der Waals surface area contributed by atoms with Crippen molar-refractivity contribution in [3.63, 3.8) is 0 Å². The van der Waals surface area contributed by atoms with Gasteiger partial charge in [0.25, 0.3) is 12.3 Å². The third kappa shape index (κ3) is 3.74. The smallest absolute Gasteiger partial charge is 0.403 e. The Morgan fingerprint density at radius 3 is 2.37 bits per heavy atom. The fourth-order valence-electron chi connectivity index (χ4n) is 1.27. The summed E-state index contributed by atoms with van der Waals surface area (Å²) >= 11 is 0. The molecule has 0 atom stereocenters. The highest BCUT2D eigenvalue weighted by Crippen LogP contribution is 2.31. The first-order valence-corrected chi connectivity index (χ1v) is 4.73. The summed E-state index contributed by atoms with van der Waals surface area (Å²) in [6, 6.07) is 0.623. The number of nitrogens with two attached hydrogens (primary N) is 2. The molecule has 0 unspecified atom stereocenters. The summed E-state index contributed by atoms with van der Waals surface area (Å²) in [7, 11) is 0. The lowest BCUT2D eigenvalue weighted by Crippen LogP contribution is -2.24. The van der Waals surface area contributed by atoms with Gasteiger partial charge in [0.15, 0.2) is 11.4 Å². The molecule has 1 rings (SSSR count). The summed E-state index contributed by atoms with van der Waals surface area (Å²) in [6.45, 7) is -0.562. The van der Waals surface area contributed by atoms with Crippen LogP contribution in [0, 0.1) is 0 Å². The van der Waals surface area contributed by atoms with Crippen LogP contribution in [-0.4, -0.2) is 17.3 Å². The normalized spacial score (nSPS) is 11.7. The van der Waals surface area contributed by atoms with Gasteiger partial charge < -0.3 is 16.2 Å². The molecule has 0 aliphatic carbocycles. The van der Waals surface area contributed by atoms with E-state index in [4.69, 9.17) is 11.5 Å². The van der Waals surface area contributed by atoms with Crippen LogP contribution in [0.1, 0.15) is 28.2 Å². The Labute approximate surface area is 103 Å². The van der Waals surface area contributed by atoms with Crippen molar-refractivity contribution in [3.8, 4) is 5.75 Å². The molecular formula is C9H8F5N3O2. The summed E-state index contributed by atoms with van der Waals surface area (Å²) in [5.41, 5.74) is 7.52. The van der Waals surface area contributed by atoms with E-state index in [1.807, 2.05) is 0 Å². The Bertz CT molecular complexity index is 489. The highest BCUT2D eigenvalue weighted by molar-refractivity contribution is 5.94. The molecule has 10 heteroatoms. The number of rotatable bonds is 4. The van der Waals surface area contributed by atoms with Gasteiger partial charge in [-0.15, -0.1) is 13.2 Å². The summed E-state index contributed by atoms with van der Waals surface area (Å²) in [6.07, 6.45) is -8.23. The van der Waals surface area contributed by atoms with Crippen LogP contribution in [-0.2, 0) is 6.54 Å². The zero-order chi connectivity index (χ0) is 14.8. The summed E-state index contributed by atoms with van der Waals surface area (Å²) in [5.74, 6) is -2.50. The maximum atomic E-state index is 12.5. The van der Waals surface area contributed by atoms with Gasteiger partial charge in [-0.1, -0.05) is 0 Å². The van der Waals surface area contributed by atoms with Crippen LogP contribution in [0.3, 0.4) is 0 Å². The van der Waals surface area contributed by atoms with Crippen molar-refractivity contribution in [2.45, 2.75) is 19.3 Å². The molecule has 0 fully saturated rings. The van der Waals surface area contributed by atoms with Crippen molar-refractivity contribution in [2.24, 2.45) is 11.5 Å². The minimum atomic E-state index is -5.14. The minimum Gasteiger partial charge on any atom is -0.403 e. The Kier molecular flexibility index (Phi) is 4.24. The molecule has 1 aromatic heterocycles. The van der Waals surface area contributed by atoms with E-state index in [0.717, 1.165) is 0 Å². The van der Waals surface area contributed by atoms with Gasteiger partial charge in [0, 0.05) is 12.1 Å². The lowest BCUT2D eigenvalue weighted by atomic mass is 10.1. The maximum Gasteiger partial charge on any atom is 0.573 e. The van der Waals surface area contributed by atoms with Crippen LogP contribution >= 0.6 is 0 Å². The van der Waals surface area contributed by atoms with E-state index in [1.54, 1.807) is 0 Å². The summed E-state index contributed by atoms with van der Waals surface area (Å²) in [5, 5.41) is 0. The Morgan fingerprint density at radius 1 is 1.42 bits per heavy atom. The zero-order valence-electron chi connectivity index (χ0n) is 9.17. The average Bonchev–Trinajstić information content (AvgIpc) is 2.26. The first kappa shape index (κ1) is 15.1. The van der Waals surface area contributed by atoms with Crippen molar-refractivity contribution >= 4 is 5.91 Å². The fourth-order valence-corrected chi connectivity index (χ4v) is 1.27. The second-order valence-electron chi connectivity index (χ2n) is 3.30. The lowest BCUT2D eigenvalue weighted by Gasteiger charge is -2.15. The van der Waals surface area contributed by atoms with E-state index >= 15 is 0 Å². The number of carbonyl (C=O) groups excluding carboxylic acids is 1. The van der Waals surface area contributed by atoms with Crippen molar-refractivity contribution in [3.05, 3.63) is 23.0 Å². The molecule has 0 saturated carbocycles. The van der Waals surface area contributed by atoms with Crippen LogP contribution in [0.25, 0.3) is 0 Å². The second kappa shape index (κ2) is 5.34. The molecule has 0 spiro atoms. The second-order valence-corrected chi connectivity index (χ2v) is 3.30. The van der Waals surface area contributed by atoms with Crippen molar-refractivity contribution in [1.29, 1.82) is 0 Å². The molecular weight excluding hydrogens is 277 g/mol. The molecule has 0 aliphatic heterocycles. The predicted octanol–water partition coefficient (Wildman–Crippen LogP) is 1.48. The first-order valence-electron chi connectivity index (χ1n) is 4.73. The van der Waals surface area contributed by atoms with Crippen LogP contribution in [0.2, 0.25) is 0 Å². The third-order valence-corrected chi connectivity index (χ3v) is 1.96. The van der Waals surface area contributed by atoms with Crippen LogP contribution < -0.4 is 16.2 Å². The highest BCUT2D eigenvalue weighted by Gasteiger charge is 2.35. The minimum absolute atomic E-state index is 0.448. The molecule has 1 amide bonds. The average molecular weight is 285 g/mol. The van der Waals surface area contributed by atoms with Crippen molar-refractivity contribution < 1.29 is 31.5 Å². The van der Waals surface area contributed by atoms with Crippen molar-refractivity contribution in [1.82, 2.24) is 4.98 Å². The quantitative estimate of drug-likeness (QED) is 0.819. The molecule has 0 aromatic carbocycles. The van der Waals surface area contributed by atoms with E-state index in [2.05, 4.69) is 9.72 Å². The number of primary amides is 1. The van der Waals surface area contributed by atoms with Gasteiger partial charge in [0.1, 0.15) is 5.69 Å². The molecule has 19 heavy (non-hydrogen) atoms. The van der Waals surface area contributed by atoms with Crippen molar-refractivity contribution in [2.75, 3.05) is 0 Å². The number of carbonyl (C=O) groups is 1. The van der Waals surface area contributed by atoms with Gasteiger partial charge in [0.2, 0.25) is 0 Å². The summed E-state index contributed by atoms with van der Waals surface area (Å²) in [4.78, 5) is 14.0. The van der Waals surface area contributed by atoms with E-state index < -0.39 is 47.9 Å². The number of nitrogens with zero attached hydrogens (tertiary/aromatic N) is 1. The Hall–Kier alpha value is -1.97. The molecule has 0 bridgehead atoms. The van der Waals surface area contributed by atoms with E-state index in [1.165, 1.54) is 0 Å².